The summed E-state index contributed by atoms with van der Waals surface area (Å²) in [6, 6.07) is 8.00. The van der Waals surface area contributed by atoms with Crippen LogP contribution in [-0.2, 0) is 9.59 Å². The van der Waals surface area contributed by atoms with E-state index in [2.05, 4.69) is 6.07 Å². The van der Waals surface area contributed by atoms with Gasteiger partial charge in [-0.25, -0.2) is 0 Å². The van der Waals surface area contributed by atoms with Crippen molar-refractivity contribution in [3.05, 3.63) is 29.3 Å². The lowest BCUT2D eigenvalue weighted by Gasteiger charge is -2.26. The molecule has 0 unspecified atom stereocenters. The van der Waals surface area contributed by atoms with Crippen molar-refractivity contribution in [1.82, 2.24) is 9.80 Å². The maximum Gasteiger partial charge on any atom is 0.241 e. The van der Waals surface area contributed by atoms with E-state index in [1.54, 1.807) is 30.9 Å². The van der Waals surface area contributed by atoms with Gasteiger partial charge in [-0.1, -0.05) is 6.07 Å². The molecule has 0 N–H and O–H groups in total. The minimum absolute atomic E-state index is 0.0553. The first-order valence-corrected chi connectivity index (χ1v) is 7.89. The third-order valence-electron chi connectivity index (χ3n) is 3.58. The Bertz CT molecular complexity index is 614. The molecule has 6 nitrogen and oxygen atoms in total. The molecule has 0 radical (unpaired) electrons. The first kappa shape index (κ1) is 19.7. The molecule has 0 fully saturated rings. The number of nitriles is 1. The summed E-state index contributed by atoms with van der Waals surface area (Å²) in [6.07, 6.45) is 0.263. The predicted octanol–water partition coefficient (Wildman–Crippen LogP) is 1.57. The number of benzene rings is 1. The van der Waals surface area contributed by atoms with Crippen LogP contribution in [0.4, 0.5) is 5.69 Å². The Hall–Kier alpha value is -2.39. The highest BCUT2D eigenvalue weighted by Crippen LogP contribution is 2.19. The lowest BCUT2D eigenvalue weighted by molar-refractivity contribution is -0.130. The number of aryl methyl sites for hydroxylation is 2. The van der Waals surface area contributed by atoms with Crippen LogP contribution in [0.25, 0.3) is 0 Å². The van der Waals surface area contributed by atoms with Gasteiger partial charge in [0, 0.05) is 26.3 Å². The average molecular weight is 330 g/mol. The molecule has 0 aliphatic heterocycles. The van der Waals surface area contributed by atoms with Gasteiger partial charge in [-0.2, -0.15) is 5.26 Å². The fourth-order valence-electron chi connectivity index (χ4n) is 2.41. The van der Waals surface area contributed by atoms with E-state index >= 15 is 0 Å². The Morgan fingerprint density at radius 3 is 2.04 bits per heavy atom. The van der Waals surface area contributed by atoms with Gasteiger partial charge >= 0.3 is 0 Å². The van der Waals surface area contributed by atoms with Crippen LogP contribution in [0.3, 0.4) is 0 Å². The maximum absolute atomic E-state index is 12.7. The SMILES string of the molecule is Cc1cc(C)cc(N(CCC#N)C(=O)CN(C)CC(=O)N(C)C)c1. The summed E-state index contributed by atoms with van der Waals surface area (Å²) in [7, 11) is 5.11. The molecule has 24 heavy (non-hydrogen) atoms. The second kappa shape index (κ2) is 9.04. The molecule has 1 aromatic carbocycles. The number of nitrogens with zero attached hydrogens (tertiary/aromatic N) is 4. The molecule has 0 aromatic heterocycles. The Balaban J connectivity index is 2.89. The molecule has 130 valence electrons. The van der Waals surface area contributed by atoms with Crippen LogP contribution < -0.4 is 4.90 Å². The first-order chi connectivity index (χ1) is 11.2. The smallest absolute Gasteiger partial charge is 0.241 e. The molecule has 0 spiro atoms. The zero-order valence-corrected chi connectivity index (χ0v) is 15.2. The highest BCUT2D eigenvalue weighted by Gasteiger charge is 2.19. The summed E-state index contributed by atoms with van der Waals surface area (Å²) in [4.78, 5) is 29.2. The minimum Gasteiger partial charge on any atom is -0.348 e. The third-order valence-corrected chi connectivity index (χ3v) is 3.58. The zero-order valence-electron chi connectivity index (χ0n) is 15.2. The molecule has 0 aliphatic carbocycles. The van der Waals surface area contributed by atoms with Crippen LogP contribution in [0.5, 0.6) is 0 Å². The molecule has 6 heteroatoms. The molecular formula is C18H26N4O2. The highest BCUT2D eigenvalue weighted by molar-refractivity contribution is 5.95. The van der Waals surface area contributed by atoms with Gasteiger partial charge in [-0.15, -0.1) is 0 Å². The van der Waals surface area contributed by atoms with Crippen LogP contribution in [0, 0.1) is 25.2 Å². The summed E-state index contributed by atoms with van der Waals surface area (Å²) in [5.74, 6) is -0.176. The Morgan fingerprint density at radius 2 is 1.54 bits per heavy atom. The van der Waals surface area contributed by atoms with Crippen molar-refractivity contribution >= 4 is 17.5 Å². The number of likely N-dealkylation sites (N-methyl/N-ethyl adjacent to an activating group) is 2. The van der Waals surface area contributed by atoms with Gasteiger partial charge in [0.05, 0.1) is 25.6 Å². The maximum atomic E-state index is 12.7. The fourth-order valence-corrected chi connectivity index (χ4v) is 2.41. The monoisotopic (exact) mass is 330 g/mol. The predicted molar refractivity (Wildman–Crippen MR) is 94.7 cm³/mol. The van der Waals surface area contributed by atoms with Gasteiger partial charge in [0.15, 0.2) is 0 Å². The van der Waals surface area contributed by atoms with Gasteiger partial charge in [0.2, 0.25) is 11.8 Å². The Kier molecular flexibility index (Phi) is 7.40. The fraction of sp³-hybridized carbons (Fsp3) is 0.500. The molecule has 1 rings (SSSR count). The average Bonchev–Trinajstić information content (AvgIpc) is 2.46. The summed E-state index contributed by atoms with van der Waals surface area (Å²) >= 11 is 0. The number of carbonyl (C=O) groups is 2. The van der Waals surface area contributed by atoms with Crippen molar-refractivity contribution in [2.24, 2.45) is 0 Å². The number of rotatable bonds is 7. The van der Waals surface area contributed by atoms with Crippen LogP contribution in [0.2, 0.25) is 0 Å². The van der Waals surface area contributed by atoms with Gasteiger partial charge in [0.1, 0.15) is 0 Å². The van der Waals surface area contributed by atoms with Crippen LogP contribution >= 0.6 is 0 Å². The van der Waals surface area contributed by atoms with E-state index in [-0.39, 0.29) is 31.3 Å². The van der Waals surface area contributed by atoms with E-state index in [0.717, 1.165) is 16.8 Å². The summed E-state index contributed by atoms with van der Waals surface area (Å²) in [5.41, 5.74) is 2.92. The topological polar surface area (TPSA) is 67.6 Å². The highest BCUT2D eigenvalue weighted by atomic mass is 16.2. The van der Waals surface area contributed by atoms with E-state index in [0.29, 0.717) is 6.54 Å². The lowest BCUT2D eigenvalue weighted by atomic mass is 10.1. The number of hydrogen-bond acceptors (Lipinski definition) is 4. The van der Waals surface area contributed by atoms with Crippen LogP contribution in [0.15, 0.2) is 18.2 Å². The number of amides is 2. The molecule has 0 saturated heterocycles. The molecule has 0 heterocycles. The van der Waals surface area contributed by atoms with E-state index in [1.165, 1.54) is 4.90 Å². The number of anilines is 1. The van der Waals surface area contributed by atoms with E-state index in [4.69, 9.17) is 5.26 Å². The molecule has 2 amide bonds. The second-order valence-corrected chi connectivity index (χ2v) is 6.26. The quantitative estimate of drug-likeness (QED) is 0.761. The molecule has 0 saturated carbocycles. The minimum atomic E-state index is -0.121. The van der Waals surface area contributed by atoms with Gasteiger partial charge in [-0.05, 0) is 44.2 Å². The van der Waals surface area contributed by atoms with Crippen molar-refractivity contribution in [3.63, 3.8) is 0 Å². The van der Waals surface area contributed by atoms with Crippen molar-refractivity contribution in [1.29, 1.82) is 5.26 Å². The number of hydrogen-bond donors (Lipinski definition) is 0. The lowest BCUT2D eigenvalue weighted by Crippen LogP contribution is -2.43. The molecule has 0 atom stereocenters. The summed E-state index contributed by atoms with van der Waals surface area (Å²) in [5, 5.41) is 8.87. The van der Waals surface area contributed by atoms with E-state index < -0.39 is 0 Å². The molecule has 1 aromatic rings. The molecular weight excluding hydrogens is 304 g/mol. The van der Waals surface area contributed by atoms with Gasteiger partial charge < -0.3 is 9.80 Å². The summed E-state index contributed by atoms with van der Waals surface area (Å²) < 4.78 is 0. The van der Waals surface area contributed by atoms with Gasteiger partial charge in [0.25, 0.3) is 0 Å². The molecule has 0 aliphatic rings. The van der Waals surface area contributed by atoms with E-state index in [9.17, 15) is 9.59 Å². The van der Waals surface area contributed by atoms with Crippen LogP contribution in [0.1, 0.15) is 17.5 Å². The summed E-state index contributed by atoms with van der Waals surface area (Å²) in [6.45, 7) is 4.60. The third kappa shape index (κ3) is 6.01. The number of carbonyl (C=O) groups excluding carboxylic acids is 2. The van der Waals surface area contributed by atoms with Crippen molar-refractivity contribution in [2.45, 2.75) is 20.3 Å². The van der Waals surface area contributed by atoms with Crippen molar-refractivity contribution in [3.8, 4) is 6.07 Å². The zero-order chi connectivity index (χ0) is 18.3. The Labute approximate surface area is 144 Å². The second-order valence-electron chi connectivity index (χ2n) is 6.26. The Morgan fingerprint density at radius 1 is 1.00 bits per heavy atom. The van der Waals surface area contributed by atoms with Crippen molar-refractivity contribution in [2.75, 3.05) is 45.7 Å². The first-order valence-electron chi connectivity index (χ1n) is 7.89. The molecule has 0 bridgehead atoms. The largest absolute Gasteiger partial charge is 0.348 e. The van der Waals surface area contributed by atoms with Crippen LogP contribution in [-0.4, -0.2) is 62.4 Å². The van der Waals surface area contributed by atoms with E-state index in [1.807, 2.05) is 32.0 Å². The van der Waals surface area contributed by atoms with Gasteiger partial charge in [-0.3, -0.25) is 14.5 Å². The van der Waals surface area contributed by atoms with Crippen molar-refractivity contribution < 1.29 is 9.59 Å². The standard InChI is InChI=1S/C18H26N4O2/c1-14-9-15(2)11-16(10-14)22(8-6-7-19)18(24)13-21(5)12-17(23)20(3)4/h9-11H,6,8,12-13H2,1-5H3. The normalized spacial score (nSPS) is 10.4.